The van der Waals surface area contributed by atoms with Crippen LogP contribution in [0.3, 0.4) is 0 Å². The number of nitrogens with one attached hydrogen (secondary N) is 1. The fourth-order valence-corrected chi connectivity index (χ4v) is 10.3. The lowest BCUT2D eigenvalue weighted by Crippen LogP contribution is -2.66. The van der Waals surface area contributed by atoms with E-state index in [4.69, 9.17) is 28.4 Å². The zero-order valence-electron chi connectivity index (χ0n) is 46.9. The second-order valence-corrected chi connectivity index (χ2v) is 21.8. The first-order chi connectivity index (χ1) is 37.3. The first-order valence-electron chi connectivity index (χ1n) is 30.1. The van der Waals surface area contributed by atoms with Crippen LogP contribution in [0.1, 0.15) is 206 Å². The van der Waals surface area contributed by atoms with Crippen molar-refractivity contribution in [2.75, 3.05) is 26.4 Å². The molecule has 0 spiro atoms. The molecule has 0 aromatic heterocycles. The van der Waals surface area contributed by atoms with Gasteiger partial charge in [0.2, 0.25) is 5.91 Å². The van der Waals surface area contributed by atoms with Gasteiger partial charge in [-0.2, -0.15) is 0 Å². The van der Waals surface area contributed by atoms with Gasteiger partial charge in [-0.25, -0.2) is 0 Å². The molecule has 3 heterocycles. The molecule has 77 heavy (non-hydrogen) atoms. The van der Waals surface area contributed by atoms with Crippen molar-refractivity contribution in [2.45, 2.75) is 311 Å². The lowest BCUT2D eigenvalue weighted by Gasteiger charge is -2.48. The number of aliphatic hydroxyl groups excluding tert-OH is 11. The highest BCUT2D eigenvalue weighted by molar-refractivity contribution is 5.76. The van der Waals surface area contributed by atoms with E-state index >= 15 is 0 Å². The van der Waals surface area contributed by atoms with Crippen LogP contribution in [0.15, 0.2) is 24.3 Å². The summed E-state index contributed by atoms with van der Waals surface area (Å²) in [7, 11) is 0. The van der Waals surface area contributed by atoms with E-state index in [0.717, 1.165) is 38.5 Å². The third-order valence-electron chi connectivity index (χ3n) is 15.3. The van der Waals surface area contributed by atoms with Crippen LogP contribution in [0.25, 0.3) is 0 Å². The Morgan fingerprint density at radius 1 is 0.455 bits per heavy atom. The molecule has 0 aliphatic carbocycles. The summed E-state index contributed by atoms with van der Waals surface area (Å²) in [6, 6.07) is -0.984. The summed E-state index contributed by atoms with van der Waals surface area (Å²) in [4.78, 5) is 13.3. The number of rotatable bonds is 44. The van der Waals surface area contributed by atoms with Crippen molar-refractivity contribution in [1.29, 1.82) is 0 Å². The summed E-state index contributed by atoms with van der Waals surface area (Å²) in [5, 5.41) is 120. The third-order valence-corrected chi connectivity index (χ3v) is 15.3. The Morgan fingerprint density at radius 2 is 0.831 bits per heavy atom. The van der Waals surface area contributed by atoms with E-state index in [9.17, 15) is 61.0 Å². The van der Waals surface area contributed by atoms with Gasteiger partial charge in [-0.05, 0) is 32.1 Å². The smallest absolute Gasteiger partial charge is 0.220 e. The lowest BCUT2D eigenvalue weighted by atomic mass is 9.96. The monoisotopic (exact) mass is 1110 g/mol. The van der Waals surface area contributed by atoms with Crippen LogP contribution >= 0.6 is 0 Å². The van der Waals surface area contributed by atoms with Gasteiger partial charge in [0.05, 0.1) is 38.6 Å². The van der Waals surface area contributed by atoms with Gasteiger partial charge in [-0.1, -0.05) is 192 Å². The molecule has 0 bridgehead atoms. The van der Waals surface area contributed by atoms with E-state index in [-0.39, 0.29) is 18.9 Å². The number of unbranched alkanes of at least 4 members (excludes halogenated alkanes) is 26. The van der Waals surface area contributed by atoms with Crippen LogP contribution in [0, 0.1) is 0 Å². The number of aliphatic hydroxyl groups is 11. The largest absolute Gasteiger partial charge is 0.394 e. The van der Waals surface area contributed by atoms with Crippen LogP contribution in [0.4, 0.5) is 0 Å². The van der Waals surface area contributed by atoms with E-state index in [1.165, 1.54) is 135 Å². The Balaban J connectivity index is 1.50. The van der Waals surface area contributed by atoms with Gasteiger partial charge in [0.1, 0.15) is 73.2 Å². The van der Waals surface area contributed by atoms with E-state index in [2.05, 4.69) is 31.3 Å². The van der Waals surface area contributed by atoms with Gasteiger partial charge in [0, 0.05) is 6.42 Å². The van der Waals surface area contributed by atoms with E-state index in [1.54, 1.807) is 6.08 Å². The van der Waals surface area contributed by atoms with E-state index in [0.29, 0.717) is 12.8 Å². The van der Waals surface area contributed by atoms with Crippen LogP contribution in [-0.4, -0.2) is 193 Å². The van der Waals surface area contributed by atoms with Gasteiger partial charge in [0.15, 0.2) is 18.9 Å². The van der Waals surface area contributed by atoms with Crippen molar-refractivity contribution >= 4 is 5.91 Å². The van der Waals surface area contributed by atoms with Crippen molar-refractivity contribution < 1.29 is 89.4 Å². The molecule has 17 unspecified atom stereocenters. The fraction of sp³-hybridized carbons (Fsp3) is 0.914. The summed E-state index contributed by atoms with van der Waals surface area (Å²) in [5.74, 6) is -0.286. The highest BCUT2D eigenvalue weighted by Gasteiger charge is 2.53. The van der Waals surface area contributed by atoms with Gasteiger partial charge in [0.25, 0.3) is 0 Å². The topological polar surface area (TPSA) is 307 Å². The maximum absolute atomic E-state index is 13.3. The molecule has 3 saturated heterocycles. The third kappa shape index (κ3) is 26.4. The molecule has 0 radical (unpaired) electrons. The van der Waals surface area contributed by atoms with Crippen molar-refractivity contribution in [2.24, 2.45) is 0 Å². The molecule has 19 nitrogen and oxygen atoms in total. The molecule has 0 aromatic carbocycles. The summed E-state index contributed by atoms with van der Waals surface area (Å²) >= 11 is 0. The number of hydrogen-bond acceptors (Lipinski definition) is 18. The Morgan fingerprint density at radius 3 is 1.30 bits per heavy atom. The zero-order chi connectivity index (χ0) is 56.2. The minimum atomic E-state index is -1.98. The second kappa shape index (κ2) is 42.1. The average Bonchev–Trinajstić information content (AvgIpc) is 3.42. The van der Waals surface area contributed by atoms with Gasteiger partial charge >= 0.3 is 0 Å². The van der Waals surface area contributed by atoms with Crippen molar-refractivity contribution in [3.63, 3.8) is 0 Å². The summed E-state index contributed by atoms with van der Waals surface area (Å²) in [6.07, 6.45) is 16.0. The highest BCUT2D eigenvalue weighted by Crippen LogP contribution is 2.33. The number of carbonyl (C=O) groups excluding carboxylic acids is 1. The van der Waals surface area contributed by atoms with Crippen LogP contribution in [0.5, 0.6) is 0 Å². The number of carbonyl (C=O) groups is 1. The van der Waals surface area contributed by atoms with Crippen LogP contribution < -0.4 is 5.32 Å². The molecule has 0 aromatic rings. The maximum Gasteiger partial charge on any atom is 0.220 e. The second-order valence-electron chi connectivity index (χ2n) is 21.8. The Kier molecular flexibility index (Phi) is 38.1. The van der Waals surface area contributed by atoms with Crippen LogP contribution in [0.2, 0.25) is 0 Å². The number of amides is 1. The summed E-state index contributed by atoms with van der Waals surface area (Å²) in [6.45, 7) is 1.69. The molecule has 0 saturated carbocycles. The minimum absolute atomic E-state index is 0.239. The van der Waals surface area contributed by atoms with Crippen molar-refractivity contribution in [3.8, 4) is 0 Å². The predicted octanol–water partition coefficient (Wildman–Crippen LogP) is 5.15. The van der Waals surface area contributed by atoms with Gasteiger partial charge in [-0.15, -0.1) is 0 Å². The average molecular weight is 1110 g/mol. The molecule has 3 rings (SSSR count). The van der Waals surface area contributed by atoms with Crippen molar-refractivity contribution in [3.05, 3.63) is 24.3 Å². The molecule has 1 amide bonds. The van der Waals surface area contributed by atoms with Gasteiger partial charge in [-0.3, -0.25) is 4.79 Å². The van der Waals surface area contributed by atoms with Crippen LogP contribution in [-0.2, 0) is 33.2 Å². The molecule has 12 N–H and O–H groups in total. The lowest BCUT2D eigenvalue weighted by molar-refractivity contribution is -0.379. The molecule has 19 heteroatoms. The Hall–Kier alpha value is -1.73. The molecule has 3 aliphatic rings. The molecule has 3 aliphatic heterocycles. The SMILES string of the molecule is CCCCCCCCCCCCCCCCC/C=C/CC/C=C/C(O)C(COC1OC(CO)C(OC2OC(CO)C(OC3OC(CO)C(O)C(O)C3O)C(O)C2O)C(O)C1O)NC(=O)CCCCCCCCCCCCC. The first-order valence-corrected chi connectivity index (χ1v) is 30.1. The quantitative estimate of drug-likeness (QED) is 0.0277. The predicted molar refractivity (Wildman–Crippen MR) is 291 cm³/mol. The molecule has 452 valence electrons. The van der Waals surface area contributed by atoms with Crippen molar-refractivity contribution in [1.82, 2.24) is 5.32 Å². The minimum Gasteiger partial charge on any atom is -0.394 e. The molecule has 17 atom stereocenters. The first kappa shape index (κ1) is 69.5. The molecule has 3 fully saturated rings. The maximum atomic E-state index is 13.3. The molecular formula is C58H107NO18. The zero-order valence-corrected chi connectivity index (χ0v) is 46.9. The number of ether oxygens (including phenoxy) is 6. The van der Waals surface area contributed by atoms with E-state index in [1.807, 2.05) is 6.08 Å². The normalized spacial score (nSPS) is 30.8. The summed E-state index contributed by atoms with van der Waals surface area (Å²) < 4.78 is 34.2. The summed E-state index contributed by atoms with van der Waals surface area (Å²) in [5.41, 5.74) is 0. The van der Waals surface area contributed by atoms with Gasteiger partial charge < -0.3 is 89.9 Å². The number of hydrogen-bond donors (Lipinski definition) is 12. The fourth-order valence-electron chi connectivity index (χ4n) is 10.3. The molecular weight excluding hydrogens is 999 g/mol. The number of allylic oxidation sites excluding steroid dienone is 3. The Labute approximate surface area is 460 Å². The standard InChI is InChI=1S/C58H107NO18/c1-3-5-7-9-11-13-15-16-17-18-19-20-21-22-23-24-26-27-29-31-33-35-42(63)41(59-46(64)36-34-32-30-28-25-14-12-10-8-6-4-2)40-72-56-52(70)49(67)54(44(38-61)74-56)77-58-53(71)50(68)55(45(39-62)75-58)76-57-51(69)48(66)47(65)43(37-60)73-57/h26-27,33,35,41-45,47-58,60-63,65-71H,3-25,28-32,34,36-40H2,1-2H3,(H,59,64)/b27-26+,35-33+. The van der Waals surface area contributed by atoms with E-state index < -0.39 is 124 Å². The Bertz CT molecular complexity index is 1510. The highest BCUT2D eigenvalue weighted by atomic mass is 16.8.